The van der Waals surface area contributed by atoms with Crippen molar-refractivity contribution in [2.24, 2.45) is 5.73 Å². The maximum Gasteiger partial charge on any atom is 1.00 e. The number of halogens is 2. The van der Waals surface area contributed by atoms with Gasteiger partial charge in [-0.1, -0.05) is 12.9 Å². The van der Waals surface area contributed by atoms with E-state index in [9.17, 15) is 4.39 Å². The second-order valence-electron chi connectivity index (χ2n) is 8.87. The first-order valence-corrected chi connectivity index (χ1v) is 12.3. The molecule has 1 aromatic carbocycles. The summed E-state index contributed by atoms with van der Waals surface area (Å²) in [6.45, 7) is 7.58. The summed E-state index contributed by atoms with van der Waals surface area (Å²) in [6, 6.07) is 5.20. The topological polar surface area (TPSA) is 88.3 Å². The van der Waals surface area contributed by atoms with Crippen molar-refractivity contribution in [1.82, 2.24) is 19.4 Å². The number of nitrogens with zero attached hydrogens (tertiary/aromatic N) is 5. The van der Waals surface area contributed by atoms with Gasteiger partial charge in [-0.2, -0.15) is 0 Å². The molecule has 2 aliphatic rings. The Hall–Kier alpha value is -0.754. The van der Waals surface area contributed by atoms with E-state index in [1.165, 1.54) is 25.6 Å². The summed E-state index contributed by atoms with van der Waals surface area (Å²) in [6.07, 6.45) is 5.23. The van der Waals surface area contributed by atoms with Crippen molar-refractivity contribution < 1.29 is 55.8 Å². The molecule has 3 heterocycles. The molecule has 7 nitrogen and oxygen atoms in total. The van der Waals surface area contributed by atoms with Crippen LogP contribution in [0.25, 0.3) is 16.6 Å². The number of likely N-dealkylation sites (tertiary alicyclic amines) is 2. The standard InChI is InChI=1S/C24H32BrFN7.K/c1-16-14-18(4-5-19(16)26)20-15-33(13-12-31-8-3-9-31)24(30-20)17-6-10-32(11-7-17)23(28)21(25)22(27)29-2;/h4-5,14-15,17,28H,3,6-13,27H2,1-2H3;/q-1;+1/b22-21+,28-23?;. The molecular formula is C24H32BrFKN7. The molecule has 34 heavy (non-hydrogen) atoms. The normalized spacial score (nSPS) is 17.6. The molecule has 2 fully saturated rings. The third-order valence-corrected chi connectivity index (χ3v) is 7.50. The molecular weight excluding hydrogens is 524 g/mol. The molecule has 178 valence electrons. The fourth-order valence-electron chi connectivity index (χ4n) is 4.45. The molecule has 0 atom stereocenters. The Labute approximate surface area is 252 Å². The molecule has 2 aliphatic heterocycles. The second kappa shape index (κ2) is 12.5. The zero-order valence-corrected chi connectivity index (χ0v) is 25.0. The largest absolute Gasteiger partial charge is 1.00 e. The van der Waals surface area contributed by atoms with E-state index in [1.807, 2.05) is 17.0 Å². The van der Waals surface area contributed by atoms with Crippen LogP contribution in [-0.4, -0.2) is 65.0 Å². The van der Waals surface area contributed by atoms with Crippen LogP contribution in [0.5, 0.6) is 0 Å². The van der Waals surface area contributed by atoms with Gasteiger partial charge < -0.3 is 25.4 Å². The minimum Gasteiger partial charge on any atom is -0.494 e. The number of piperidine rings is 1. The average Bonchev–Trinajstić information content (AvgIpc) is 3.22. The molecule has 0 bridgehead atoms. The fraction of sp³-hybridized carbons (Fsp3) is 0.500. The zero-order valence-electron chi connectivity index (χ0n) is 20.3. The van der Waals surface area contributed by atoms with Crippen LogP contribution < -0.4 is 57.1 Å². The van der Waals surface area contributed by atoms with Crippen LogP contribution in [0.15, 0.2) is 34.7 Å². The van der Waals surface area contributed by atoms with Gasteiger partial charge in [-0.3, -0.25) is 5.41 Å². The monoisotopic (exact) mass is 555 g/mol. The maximum absolute atomic E-state index is 13.8. The summed E-state index contributed by atoms with van der Waals surface area (Å²) >= 11 is 3.41. The van der Waals surface area contributed by atoms with Crippen molar-refractivity contribution in [3.05, 3.63) is 57.2 Å². The minimum atomic E-state index is -0.192. The molecule has 0 unspecified atom stereocenters. The summed E-state index contributed by atoms with van der Waals surface area (Å²) in [5, 5.41) is 12.4. The fourth-order valence-corrected chi connectivity index (χ4v) is 4.88. The second-order valence-corrected chi connectivity index (χ2v) is 9.66. The summed E-state index contributed by atoms with van der Waals surface area (Å²) in [5.74, 6) is 1.93. The summed E-state index contributed by atoms with van der Waals surface area (Å²) in [5.41, 5.74) is 8.35. The molecule has 1 aromatic heterocycles. The SMILES string of the molecule is C[N-]/C(N)=C(/Br)C(=N)N1CCC(c2nc(-c3ccc(F)c(C)c3)cn2CCN2CCC2)CC1.[K+]. The first kappa shape index (κ1) is 27.8. The number of hydrogen-bond donors (Lipinski definition) is 2. The molecule has 3 N–H and O–H groups in total. The third kappa shape index (κ3) is 6.32. The van der Waals surface area contributed by atoms with Gasteiger partial charge in [0.2, 0.25) is 0 Å². The van der Waals surface area contributed by atoms with E-state index in [-0.39, 0.29) is 57.2 Å². The molecule has 0 radical (unpaired) electrons. The molecule has 4 rings (SSSR count). The van der Waals surface area contributed by atoms with E-state index in [2.05, 4.69) is 36.9 Å². The van der Waals surface area contributed by atoms with Crippen LogP contribution in [0.4, 0.5) is 4.39 Å². The average molecular weight is 557 g/mol. The molecule has 0 amide bonds. The van der Waals surface area contributed by atoms with Crippen molar-refractivity contribution in [3.63, 3.8) is 0 Å². The number of nitrogens with two attached hydrogens (primary N) is 1. The van der Waals surface area contributed by atoms with Crippen LogP contribution in [0.3, 0.4) is 0 Å². The predicted octanol–water partition coefficient (Wildman–Crippen LogP) is 1.39. The van der Waals surface area contributed by atoms with Crippen LogP contribution in [-0.2, 0) is 6.54 Å². The number of benzene rings is 1. The van der Waals surface area contributed by atoms with Crippen molar-refractivity contribution in [2.75, 3.05) is 39.8 Å². The number of aryl methyl sites for hydroxylation is 1. The molecule has 0 aliphatic carbocycles. The number of imidazole rings is 1. The maximum atomic E-state index is 13.8. The van der Waals surface area contributed by atoms with E-state index in [1.54, 1.807) is 14.0 Å². The third-order valence-electron chi connectivity index (χ3n) is 6.72. The van der Waals surface area contributed by atoms with Crippen LogP contribution in [0.2, 0.25) is 0 Å². The van der Waals surface area contributed by atoms with Gasteiger partial charge in [0.15, 0.2) is 0 Å². The van der Waals surface area contributed by atoms with Gasteiger partial charge in [0.1, 0.15) is 17.5 Å². The van der Waals surface area contributed by atoms with E-state index in [0.717, 1.165) is 56.1 Å². The molecule has 2 aromatic rings. The number of rotatable bonds is 7. The summed E-state index contributed by atoms with van der Waals surface area (Å²) < 4.78 is 16.6. The van der Waals surface area contributed by atoms with Gasteiger partial charge in [-0.05, 0) is 79.0 Å². The predicted molar refractivity (Wildman–Crippen MR) is 134 cm³/mol. The number of amidine groups is 1. The van der Waals surface area contributed by atoms with Crippen molar-refractivity contribution in [2.45, 2.75) is 38.6 Å². The quantitative estimate of drug-likeness (QED) is 0.307. The minimum absolute atomic E-state index is 0. The Morgan fingerprint density at radius 1 is 1.24 bits per heavy atom. The first-order valence-electron chi connectivity index (χ1n) is 11.5. The van der Waals surface area contributed by atoms with Crippen molar-refractivity contribution in [3.8, 4) is 11.3 Å². The molecule has 2 saturated heterocycles. The molecule has 0 spiro atoms. The Morgan fingerprint density at radius 2 is 1.94 bits per heavy atom. The van der Waals surface area contributed by atoms with Crippen LogP contribution in [0.1, 0.15) is 36.6 Å². The van der Waals surface area contributed by atoms with E-state index in [4.69, 9.17) is 16.1 Å². The van der Waals surface area contributed by atoms with Crippen LogP contribution in [0, 0.1) is 18.2 Å². The number of nitrogens with one attached hydrogen (secondary N) is 1. The van der Waals surface area contributed by atoms with Gasteiger partial charge in [-0.25, -0.2) is 9.37 Å². The van der Waals surface area contributed by atoms with Crippen molar-refractivity contribution in [1.29, 1.82) is 5.41 Å². The molecule has 0 saturated carbocycles. The number of hydrogen-bond acceptors (Lipinski definition) is 4. The van der Waals surface area contributed by atoms with E-state index >= 15 is 0 Å². The van der Waals surface area contributed by atoms with Crippen LogP contribution >= 0.6 is 15.9 Å². The van der Waals surface area contributed by atoms with Gasteiger partial charge in [0.05, 0.1) is 10.2 Å². The molecule has 10 heteroatoms. The van der Waals surface area contributed by atoms with Gasteiger partial charge in [-0.15, -0.1) is 0 Å². The van der Waals surface area contributed by atoms with Gasteiger partial charge in [0, 0.05) is 43.9 Å². The van der Waals surface area contributed by atoms with E-state index in [0.29, 0.717) is 27.6 Å². The first-order chi connectivity index (χ1) is 15.9. The Kier molecular flexibility index (Phi) is 10.2. The van der Waals surface area contributed by atoms with E-state index < -0.39 is 0 Å². The Morgan fingerprint density at radius 3 is 2.53 bits per heavy atom. The van der Waals surface area contributed by atoms with Crippen molar-refractivity contribution >= 4 is 21.8 Å². The van der Waals surface area contributed by atoms with Gasteiger partial charge >= 0.3 is 51.4 Å². The Balaban J connectivity index is 0.00000324. The van der Waals surface area contributed by atoms with Gasteiger partial charge in [0.25, 0.3) is 0 Å². The smallest absolute Gasteiger partial charge is 0.494 e. The number of aromatic nitrogens is 2. The zero-order chi connectivity index (χ0) is 23.5. The summed E-state index contributed by atoms with van der Waals surface area (Å²) in [4.78, 5) is 9.54. The summed E-state index contributed by atoms with van der Waals surface area (Å²) in [7, 11) is 1.62. The Bertz CT molecular complexity index is 1040.